The fourth-order valence-corrected chi connectivity index (χ4v) is 4.35. The molecule has 4 heteroatoms. The fraction of sp³-hybridized carbons (Fsp3) is 0. The van der Waals surface area contributed by atoms with Gasteiger partial charge in [0.25, 0.3) is 0 Å². The maximum absolute atomic E-state index is 11.9. The quantitative estimate of drug-likeness (QED) is 0.215. The highest BCUT2D eigenvalue weighted by atomic mass is 79.9. The molecule has 0 aliphatic heterocycles. The smallest absolute Gasteiger partial charge is 0.117 e. The molecule has 0 aliphatic carbocycles. The third kappa shape index (κ3) is 4.54. The lowest BCUT2D eigenvalue weighted by Gasteiger charge is -2.26. The van der Waals surface area contributed by atoms with Gasteiger partial charge in [-0.05, 0) is 76.5 Å². The van der Waals surface area contributed by atoms with Crippen molar-refractivity contribution in [3.05, 3.63) is 137 Å². The summed E-state index contributed by atoms with van der Waals surface area (Å²) in [5.41, 5.74) is 7.30. The van der Waals surface area contributed by atoms with E-state index in [0.29, 0.717) is 5.69 Å². The Labute approximate surface area is 207 Å². The Balaban J connectivity index is 1.63. The first-order valence-electron chi connectivity index (χ1n) is 11.0. The molecule has 164 valence electrons. The summed E-state index contributed by atoms with van der Waals surface area (Å²) in [6.07, 6.45) is 0. The highest BCUT2D eigenvalue weighted by Crippen LogP contribution is 2.41. The number of benzene rings is 5. The van der Waals surface area contributed by atoms with E-state index in [2.05, 4.69) is 74.5 Å². The summed E-state index contributed by atoms with van der Waals surface area (Å²) < 4.78 is 0.988. The number of para-hydroxylation sites is 1. The molecule has 0 unspecified atom stereocenters. The summed E-state index contributed by atoms with van der Waals surface area (Å²) >= 11 is 3.47. The van der Waals surface area contributed by atoms with Crippen LogP contribution in [0.3, 0.4) is 0 Å². The van der Waals surface area contributed by atoms with E-state index in [4.69, 9.17) is 0 Å². The molecule has 0 aliphatic rings. The van der Waals surface area contributed by atoms with Crippen LogP contribution in [0.25, 0.3) is 22.3 Å². The van der Waals surface area contributed by atoms with Crippen LogP contribution >= 0.6 is 15.9 Å². The summed E-state index contributed by atoms with van der Waals surface area (Å²) in [6.45, 7) is 0. The molecule has 0 heterocycles. The first-order chi connectivity index (χ1) is 16.7. The highest BCUT2D eigenvalue weighted by molar-refractivity contribution is 9.10. The van der Waals surface area contributed by atoms with Crippen molar-refractivity contribution in [2.75, 3.05) is 4.90 Å². The van der Waals surface area contributed by atoms with Gasteiger partial charge in [-0.1, -0.05) is 88.7 Å². The van der Waals surface area contributed by atoms with Crippen molar-refractivity contribution in [1.82, 2.24) is 0 Å². The van der Waals surface area contributed by atoms with Gasteiger partial charge in [-0.3, -0.25) is 0 Å². The molecular formula is C30H21BrN2O. The number of halogens is 1. The zero-order valence-corrected chi connectivity index (χ0v) is 19.9. The highest BCUT2D eigenvalue weighted by Gasteiger charge is 2.16. The Morgan fingerprint density at radius 2 is 1.15 bits per heavy atom. The average molecular weight is 505 g/mol. The van der Waals surface area contributed by atoms with Crippen LogP contribution in [-0.2, 0) is 0 Å². The summed E-state index contributed by atoms with van der Waals surface area (Å²) in [7, 11) is 0. The molecule has 34 heavy (non-hydrogen) atoms. The van der Waals surface area contributed by atoms with Gasteiger partial charge in [0, 0.05) is 27.1 Å². The number of nitrogens with zero attached hydrogens (tertiary/aromatic N) is 2. The Bertz CT molecular complexity index is 1420. The number of nitroso groups, excluding NO2 is 1. The van der Waals surface area contributed by atoms with Gasteiger partial charge in [0.15, 0.2) is 0 Å². The van der Waals surface area contributed by atoms with E-state index in [1.165, 1.54) is 0 Å². The van der Waals surface area contributed by atoms with Gasteiger partial charge in [0.2, 0.25) is 0 Å². The summed E-state index contributed by atoms with van der Waals surface area (Å²) in [4.78, 5) is 14.0. The maximum atomic E-state index is 11.9. The largest absolute Gasteiger partial charge is 0.310 e. The van der Waals surface area contributed by atoms with Crippen molar-refractivity contribution in [3.8, 4) is 22.3 Å². The van der Waals surface area contributed by atoms with E-state index >= 15 is 0 Å². The summed E-state index contributed by atoms with van der Waals surface area (Å²) in [5.74, 6) is 0. The standard InChI is InChI=1S/C30H21BrN2O/c31-25-16-14-23(15-17-25)29-19-18-28(21-30(29)32-34)33(26-11-5-2-6-12-26)27-13-7-10-24(20-27)22-8-3-1-4-9-22/h1-21H. The van der Waals surface area contributed by atoms with Crippen LogP contribution in [0.1, 0.15) is 0 Å². The van der Waals surface area contributed by atoms with Crippen molar-refractivity contribution < 1.29 is 0 Å². The van der Waals surface area contributed by atoms with Gasteiger partial charge in [-0.25, -0.2) is 0 Å². The second-order valence-corrected chi connectivity index (χ2v) is 8.80. The Morgan fingerprint density at radius 3 is 1.85 bits per heavy atom. The molecule has 0 aromatic heterocycles. The molecule has 0 saturated carbocycles. The number of rotatable bonds is 6. The van der Waals surface area contributed by atoms with Gasteiger partial charge in [0.05, 0.1) is 0 Å². The number of anilines is 3. The van der Waals surface area contributed by atoms with E-state index in [0.717, 1.165) is 43.8 Å². The molecule has 0 spiro atoms. The molecule has 0 radical (unpaired) electrons. The van der Waals surface area contributed by atoms with Crippen molar-refractivity contribution in [2.45, 2.75) is 0 Å². The molecule has 0 fully saturated rings. The number of hydrogen-bond donors (Lipinski definition) is 0. The first kappa shape index (κ1) is 21.8. The molecule has 0 amide bonds. The molecule has 5 rings (SSSR count). The Hall–Kier alpha value is -4.02. The molecule has 5 aromatic carbocycles. The van der Waals surface area contributed by atoms with Gasteiger partial charge in [-0.2, -0.15) is 0 Å². The third-order valence-electron chi connectivity index (χ3n) is 5.72. The number of hydrogen-bond acceptors (Lipinski definition) is 3. The van der Waals surface area contributed by atoms with Gasteiger partial charge in [0.1, 0.15) is 5.69 Å². The lowest BCUT2D eigenvalue weighted by Crippen LogP contribution is -2.10. The fourth-order valence-electron chi connectivity index (χ4n) is 4.09. The zero-order chi connectivity index (χ0) is 23.3. The molecule has 3 nitrogen and oxygen atoms in total. The Morgan fingerprint density at radius 1 is 0.529 bits per heavy atom. The molecule has 0 saturated heterocycles. The van der Waals surface area contributed by atoms with E-state index in [-0.39, 0.29) is 0 Å². The van der Waals surface area contributed by atoms with E-state index in [1.807, 2.05) is 78.9 Å². The van der Waals surface area contributed by atoms with Crippen LogP contribution < -0.4 is 4.90 Å². The van der Waals surface area contributed by atoms with E-state index in [1.54, 1.807) is 0 Å². The molecule has 5 aromatic rings. The van der Waals surface area contributed by atoms with Crippen LogP contribution in [0.15, 0.2) is 137 Å². The van der Waals surface area contributed by atoms with Crippen molar-refractivity contribution in [1.29, 1.82) is 0 Å². The van der Waals surface area contributed by atoms with Gasteiger partial charge >= 0.3 is 0 Å². The minimum Gasteiger partial charge on any atom is -0.310 e. The summed E-state index contributed by atoms with van der Waals surface area (Å²) in [6, 6.07) is 42.6. The van der Waals surface area contributed by atoms with Crippen molar-refractivity contribution in [2.24, 2.45) is 5.18 Å². The normalized spacial score (nSPS) is 10.6. The minimum absolute atomic E-state index is 0.403. The van der Waals surface area contributed by atoms with E-state index in [9.17, 15) is 4.91 Å². The second kappa shape index (κ2) is 9.86. The van der Waals surface area contributed by atoms with Crippen LogP contribution in [0.2, 0.25) is 0 Å². The zero-order valence-electron chi connectivity index (χ0n) is 18.3. The molecule has 0 bridgehead atoms. The van der Waals surface area contributed by atoms with Crippen LogP contribution in [0.5, 0.6) is 0 Å². The second-order valence-electron chi connectivity index (χ2n) is 7.89. The SMILES string of the molecule is O=Nc1cc(N(c2ccccc2)c2cccc(-c3ccccc3)c2)ccc1-c1ccc(Br)cc1. The molecular weight excluding hydrogens is 484 g/mol. The van der Waals surface area contributed by atoms with Crippen LogP contribution in [0.4, 0.5) is 22.7 Å². The summed E-state index contributed by atoms with van der Waals surface area (Å²) in [5, 5.41) is 3.38. The molecule has 0 N–H and O–H groups in total. The monoisotopic (exact) mass is 504 g/mol. The van der Waals surface area contributed by atoms with Crippen LogP contribution in [-0.4, -0.2) is 0 Å². The lowest BCUT2D eigenvalue weighted by molar-refractivity contribution is 1.28. The Kier molecular flexibility index (Phi) is 6.32. The van der Waals surface area contributed by atoms with Crippen molar-refractivity contribution >= 4 is 38.7 Å². The predicted octanol–water partition coefficient (Wildman–Crippen LogP) is 9.65. The van der Waals surface area contributed by atoms with Gasteiger partial charge in [-0.15, -0.1) is 4.91 Å². The first-order valence-corrected chi connectivity index (χ1v) is 11.8. The minimum atomic E-state index is 0.403. The lowest BCUT2D eigenvalue weighted by atomic mass is 10.0. The molecule has 0 atom stereocenters. The maximum Gasteiger partial charge on any atom is 0.117 e. The van der Waals surface area contributed by atoms with Crippen molar-refractivity contribution in [3.63, 3.8) is 0 Å². The third-order valence-corrected chi connectivity index (χ3v) is 6.25. The van der Waals surface area contributed by atoms with Gasteiger partial charge < -0.3 is 4.90 Å². The van der Waals surface area contributed by atoms with Crippen LogP contribution in [0, 0.1) is 4.91 Å². The predicted molar refractivity (Wildman–Crippen MR) is 145 cm³/mol. The van der Waals surface area contributed by atoms with E-state index < -0.39 is 0 Å². The topological polar surface area (TPSA) is 32.7 Å². The average Bonchev–Trinajstić information content (AvgIpc) is 2.91.